The summed E-state index contributed by atoms with van der Waals surface area (Å²) in [6.45, 7) is 3.99. The van der Waals surface area contributed by atoms with Crippen molar-refractivity contribution in [3.05, 3.63) is 80.2 Å². The Hall–Kier alpha value is -2.97. The number of benzene rings is 2. The Kier molecular flexibility index (Phi) is 6.27. The fourth-order valence-electron chi connectivity index (χ4n) is 4.43. The molecule has 2 aromatic heterocycles. The number of carbonyl (C=O) groups is 1. The lowest BCUT2D eigenvalue weighted by molar-refractivity contribution is -0.113. The van der Waals surface area contributed by atoms with Gasteiger partial charge in [-0.1, -0.05) is 41.6 Å². The smallest absolute Gasteiger partial charge is 0.267 e. The van der Waals surface area contributed by atoms with Gasteiger partial charge in [0.05, 0.1) is 22.5 Å². The van der Waals surface area contributed by atoms with Crippen LogP contribution in [0.2, 0.25) is 0 Å². The number of thiophene rings is 1. The monoisotopic (exact) mass is 493 g/mol. The van der Waals surface area contributed by atoms with Crippen molar-refractivity contribution in [2.45, 2.75) is 44.7 Å². The molecule has 0 fully saturated rings. The SMILES string of the molecule is Cc1ccc(-n2c(SCC(=O)Nc3ccccc3F)nc3sc4c(c3c2=O)CCCC4)c(C)c1. The summed E-state index contributed by atoms with van der Waals surface area (Å²) in [6, 6.07) is 12.0. The van der Waals surface area contributed by atoms with Gasteiger partial charge in [-0.05, 0) is 68.9 Å². The second-order valence-electron chi connectivity index (χ2n) is 8.53. The van der Waals surface area contributed by atoms with E-state index >= 15 is 0 Å². The number of halogens is 1. The molecule has 174 valence electrons. The molecule has 1 amide bonds. The lowest BCUT2D eigenvalue weighted by Crippen LogP contribution is -2.24. The highest BCUT2D eigenvalue weighted by Crippen LogP contribution is 2.35. The first kappa shape index (κ1) is 22.8. The fraction of sp³-hybridized carbons (Fsp3) is 0.269. The molecule has 2 heterocycles. The van der Waals surface area contributed by atoms with Crippen LogP contribution in [0.3, 0.4) is 0 Å². The van der Waals surface area contributed by atoms with Crippen molar-refractivity contribution in [2.24, 2.45) is 0 Å². The normalized spacial score (nSPS) is 13.1. The summed E-state index contributed by atoms with van der Waals surface area (Å²) in [5, 5.41) is 3.78. The molecule has 0 radical (unpaired) electrons. The molecular formula is C26H24FN3O2S2. The molecular weight excluding hydrogens is 469 g/mol. The van der Waals surface area contributed by atoms with Gasteiger partial charge in [0, 0.05) is 4.88 Å². The van der Waals surface area contributed by atoms with Crippen LogP contribution in [-0.4, -0.2) is 21.2 Å². The molecule has 8 heteroatoms. The van der Waals surface area contributed by atoms with Gasteiger partial charge >= 0.3 is 0 Å². The van der Waals surface area contributed by atoms with E-state index in [-0.39, 0.29) is 22.9 Å². The molecule has 5 rings (SSSR count). The maximum atomic E-state index is 13.9. The van der Waals surface area contributed by atoms with Gasteiger partial charge in [-0.3, -0.25) is 14.2 Å². The van der Waals surface area contributed by atoms with Crippen molar-refractivity contribution in [3.63, 3.8) is 0 Å². The molecule has 0 bridgehead atoms. The number of carbonyl (C=O) groups excluding carboxylic acids is 1. The van der Waals surface area contributed by atoms with E-state index in [4.69, 9.17) is 4.98 Å². The summed E-state index contributed by atoms with van der Waals surface area (Å²) in [6.07, 6.45) is 4.08. The van der Waals surface area contributed by atoms with Crippen molar-refractivity contribution >= 4 is 44.9 Å². The largest absolute Gasteiger partial charge is 0.323 e. The number of amides is 1. The summed E-state index contributed by atoms with van der Waals surface area (Å²) >= 11 is 2.78. The van der Waals surface area contributed by atoms with Crippen molar-refractivity contribution < 1.29 is 9.18 Å². The average Bonchev–Trinajstić information content (AvgIpc) is 3.19. The van der Waals surface area contributed by atoms with Crippen LogP contribution < -0.4 is 10.9 Å². The van der Waals surface area contributed by atoms with Crippen LogP contribution in [0.4, 0.5) is 10.1 Å². The van der Waals surface area contributed by atoms with Gasteiger partial charge in [-0.15, -0.1) is 11.3 Å². The predicted octanol–water partition coefficient (Wildman–Crippen LogP) is 5.81. The van der Waals surface area contributed by atoms with E-state index in [0.29, 0.717) is 10.5 Å². The lowest BCUT2D eigenvalue weighted by Gasteiger charge is -2.15. The summed E-state index contributed by atoms with van der Waals surface area (Å²) < 4.78 is 15.6. The highest BCUT2D eigenvalue weighted by molar-refractivity contribution is 7.99. The van der Waals surface area contributed by atoms with Gasteiger partial charge in [-0.2, -0.15) is 0 Å². The molecule has 0 atom stereocenters. The molecule has 2 aromatic carbocycles. The minimum Gasteiger partial charge on any atom is -0.323 e. The number of hydrogen-bond acceptors (Lipinski definition) is 5. The number of fused-ring (bicyclic) bond motifs is 3. The second kappa shape index (κ2) is 9.35. The van der Waals surface area contributed by atoms with Gasteiger partial charge in [0.25, 0.3) is 5.56 Å². The van der Waals surface area contributed by atoms with E-state index < -0.39 is 5.82 Å². The molecule has 1 aliphatic rings. The first-order chi connectivity index (χ1) is 16.4. The van der Waals surface area contributed by atoms with Crippen LogP contribution in [0.5, 0.6) is 0 Å². The van der Waals surface area contributed by atoms with Crippen molar-refractivity contribution in [2.75, 3.05) is 11.1 Å². The van der Waals surface area contributed by atoms with Crippen LogP contribution >= 0.6 is 23.1 Å². The number of nitrogens with zero attached hydrogens (tertiary/aromatic N) is 2. The molecule has 5 nitrogen and oxygen atoms in total. The third-order valence-electron chi connectivity index (χ3n) is 6.03. The van der Waals surface area contributed by atoms with Crippen LogP contribution in [0.15, 0.2) is 52.4 Å². The van der Waals surface area contributed by atoms with E-state index in [2.05, 4.69) is 5.32 Å². The van der Waals surface area contributed by atoms with Gasteiger partial charge in [-0.25, -0.2) is 9.37 Å². The number of rotatable bonds is 5. The number of anilines is 1. The first-order valence-electron chi connectivity index (χ1n) is 11.2. The van der Waals surface area contributed by atoms with Crippen LogP contribution in [0.25, 0.3) is 15.9 Å². The number of para-hydroxylation sites is 1. The maximum Gasteiger partial charge on any atom is 0.267 e. The Morgan fingerprint density at radius 1 is 1.18 bits per heavy atom. The average molecular weight is 494 g/mol. The molecule has 1 aliphatic carbocycles. The molecule has 0 spiro atoms. The van der Waals surface area contributed by atoms with E-state index in [0.717, 1.165) is 52.9 Å². The Balaban J connectivity index is 1.56. The Morgan fingerprint density at radius 2 is 1.97 bits per heavy atom. The Labute approximate surface area is 205 Å². The molecule has 1 N–H and O–H groups in total. The van der Waals surface area contributed by atoms with Gasteiger partial charge < -0.3 is 5.32 Å². The van der Waals surface area contributed by atoms with E-state index in [9.17, 15) is 14.0 Å². The van der Waals surface area contributed by atoms with Crippen LogP contribution in [0, 0.1) is 19.7 Å². The summed E-state index contributed by atoms with van der Waals surface area (Å²) in [7, 11) is 0. The van der Waals surface area contributed by atoms with Crippen LogP contribution in [-0.2, 0) is 17.6 Å². The predicted molar refractivity (Wildman–Crippen MR) is 137 cm³/mol. The topological polar surface area (TPSA) is 64.0 Å². The standard InChI is InChI=1S/C26H24FN3O2S2/c1-15-11-12-20(16(2)13-15)30-25(32)23-17-7-3-6-10-21(17)34-24(23)29-26(30)33-14-22(31)28-19-9-5-4-8-18(19)27/h4-5,8-9,11-13H,3,6-7,10,14H2,1-2H3,(H,28,31). The zero-order chi connectivity index (χ0) is 23.8. The van der Waals surface area contributed by atoms with Crippen LogP contribution in [0.1, 0.15) is 34.4 Å². The number of thioether (sulfide) groups is 1. The third kappa shape index (κ3) is 4.28. The lowest BCUT2D eigenvalue weighted by atomic mass is 9.97. The van der Waals surface area contributed by atoms with Gasteiger partial charge in [0.2, 0.25) is 5.91 Å². The molecule has 0 saturated carbocycles. The second-order valence-corrected chi connectivity index (χ2v) is 10.6. The maximum absolute atomic E-state index is 13.9. The molecule has 34 heavy (non-hydrogen) atoms. The Morgan fingerprint density at radius 3 is 2.76 bits per heavy atom. The van der Waals surface area contributed by atoms with Crippen molar-refractivity contribution in [1.29, 1.82) is 0 Å². The highest BCUT2D eigenvalue weighted by Gasteiger charge is 2.24. The van der Waals surface area contributed by atoms with Crippen molar-refractivity contribution in [1.82, 2.24) is 9.55 Å². The minimum atomic E-state index is -0.489. The Bertz CT molecular complexity index is 1480. The summed E-state index contributed by atoms with van der Waals surface area (Å²) in [5.74, 6) is -0.846. The van der Waals surface area contributed by atoms with E-state index in [1.54, 1.807) is 28.0 Å². The molecule has 4 aromatic rings. The zero-order valence-corrected chi connectivity index (χ0v) is 20.6. The minimum absolute atomic E-state index is 0.00226. The summed E-state index contributed by atoms with van der Waals surface area (Å²) in [4.78, 5) is 33.3. The highest BCUT2D eigenvalue weighted by atomic mass is 32.2. The molecule has 0 unspecified atom stereocenters. The number of aromatic nitrogens is 2. The number of hydrogen-bond donors (Lipinski definition) is 1. The molecule has 0 saturated heterocycles. The molecule has 0 aliphatic heterocycles. The van der Waals surface area contributed by atoms with E-state index in [1.165, 1.54) is 28.8 Å². The zero-order valence-electron chi connectivity index (χ0n) is 19.0. The van der Waals surface area contributed by atoms with Gasteiger partial charge in [0.15, 0.2) is 5.16 Å². The van der Waals surface area contributed by atoms with E-state index in [1.807, 2.05) is 32.0 Å². The quantitative estimate of drug-likeness (QED) is 0.281. The third-order valence-corrected chi connectivity index (χ3v) is 8.16. The summed E-state index contributed by atoms with van der Waals surface area (Å²) in [5.41, 5.74) is 4.01. The number of nitrogens with one attached hydrogen (secondary N) is 1. The fourth-order valence-corrected chi connectivity index (χ4v) is 6.54. The van der Waals surface area contributed by atoms with Gasteiger partial charge in [0.1, 0.15) is 10.6 Å². The number of aryl methyl sites for hydroxylation is 4. The first-order valence-corrected chi connectivity index (χ1v) is 13.0. The van der Waals surface area contributed by atoms with Crippen molar-refractivity contribution in [3.8, 4) is 5.69 Å².